The van der Waals surface area contributed by atoms with E-state index < -0.39 is 0 Å². The van der Waals surface area contributed by atoms with Crippen molar-refractivity contribution in [2.75, 3.05) is 5.32 Å². The second-order valence-electron chi connectivity index (χ2n) is 5.29. The molecule has 0 saturated heterocycles. The second-order valence-corrected chi connectivity index (χ2v) is 5.70. The van der Waals surface area contributed by atoms with E-state index in [1.54, 1.807) is 18.3 Å². The highest BCUT2D eigenvalue weighted by Gasteiger charge is 2.14. The van der Waals surface area contributed by atoms with Gasteiger partial charge in [-0.1, -0.05) is 17.7 Å². The van der Waals surface area contributed by atoms with E-state index in [9.17, 15) is 4.79 Å². The Kier molecular flexibility index (Phi) is 4.17. The molecule has 23 heavy (non-hydrogen) atoms. The highest BCUT2D eigenvalue weighted by Crippen LogP contribution is 2.21. The van der Waals surface area contributed by atoms with Gasteiger partial charge in [-0.3, -0.25) is 9.78 Å². The molecule has 1 N–H and O–H groups in total. The Morgan fingerprint density at radius 2 is 2.00 bits per heavy atom. The fourth-order valence-corrected chi connectivity index (χ4v) is 2.55. The molecule has 1 amide bonds. The standard InChI is InChI=1S/C18H16ClN3O/c1-12-7-8-14(11-15(12)19)21-18(23)17-6-4-10-22(17)16-5-3-9-20-13(16)2/h3-11H,1-2H3,(H,21,23). The van der Waals surface area contributed by atoms with Gasteiger partial charge in [0.25, 0.3) is 5.91 Å². The summed E-state index contributed by atoms with van der Waals surface area (Å²) in [5.41, 5.74) is 3.92. The van der Waals surface area contributed by atoms with Crippen LogP contribution in [0.3, 0.4) is 0 Å². The van der Waals surface area contributed by atoms with Gasteiger partial charge in [-0.15, -0.1) is 0 Å². The number of halogens is 1. The summed E-state index contributed by atoms with van der Waals surface area (Å²) in [6.07, 6.45) is 3.58. The molecule has 0 bridgehead atoms. The molecular weight excluding hydrogens is 310 g/mol. The Balaban J connectivity index is 1.91. The highest BCUT2D eigenvalue weighted by atomic mass is 35.5. The number of pyridine rings is 1. The molecule has 3 rings (SSSR count). The Bertz CT molecular complexity index is 870. The second kappa shape index (κ2) is 6.26. The molecule has 0 saturated carbocycles. The van der Waals surface area contributed by atoms with Crippen LogP contribution in [0.1, 0.15) is 21.7 Å². The Morgan fingerprint density at radius 3 is 2.74 bits per heavy atom. The quantitative estimate of drug-likeness (QED) is 0.776. The minimum Gasteiger partial charge on any atom is -0.321 e. The van der Waals surface area contributed by atoms with Crippen LogP contribution >= 0.6 is 11.6 Å². The summed E-state index contributed by atoms with van der Waals surface area (Å²) < 4.78 is 1.83. The zero-order chi connectivity index (χ0) is 16.4. The number of hydrogen-bond donors (Lipinski definition) is 1. The van der Waals surface area contributed by atoms with Crippen LogP contribution in [0.5, 0.6) is 0 Å². The number of aromatic nitrogens is 2. The van der Waals surface area contributed by atoms with Crippen LogP contribution in [0.15, 0.2) is 54.9 Å². The SMILES string of the molecule is Cc1ccc(NC(=O)c2cccn2-c2cccnc2C)cc1Cl. The summed E-state index contributed by atoms with van der Waals surface area (Å²) in [5.74, 6) is -0.196. The zero-order valence-electron chi connectivity index (χ0n) is 12.9. The average Bonchev–Trinajstić information content (AvgIpc) is 3.01. The molecule has 2 heterocycles. The van der Waals surface area contributed by atoms with Crippen molar-refractivity contribution in [1.82, 2.24) is 9.55 Å². The van der Waals surface area contributed by atoms with Gasteiger partial charge in [0.15, 0.2) is 0 Å². The van der Waals surface area contributed by atoms with Crippen molar-refractivity contribution in [1.29, 1.82) is 0 Å². The van der Waals surface area contributed by atoms with E-state index in [0.717, 1.165) is 16.9 Å². The first-order chi connectivity index (χ1) is 11.1. The summed E-state index contributed by atoms with van der Waals surface area (Å²) in [7, 11) is 0. The Hall–Kier alpha value is -2.59. The van der Waals surface area contributed by atoms with Crippen LogP contribution in [-0.2, 0) is 0 Å². The van der Waals surface area contributed by atoms with Crippen LogP contribution in [0.4, 0.5) is 5.69 Å². The third-order valence-electron chi connectivity index (χ3n) is 3.65. The molecule has 1 aromatic carbocycles. The fraction of sp³-hybridized carbons (Fsp3) is 0.111. The van der Waals surface area contributed by atoms with Crippen LogP contribution in [0, 0.1) is 13.8 Å². The number of nitrogens with one attached hydrogen (secondary N) is 1. The predicted molar refractivity (Wildman–Crippen MR) is 92.4 cm³/mol. The summed E-state index contributed by atoms with van der Waals surface area (Å²) in [4.78, 5) is 16.9. The van der Waals surface area contributed by atoms with E-state index in [1.807, 2.05) is 54.9 Å². The van der Waals surface area contributed by atoms with Gasteiger partial charge in [-0.05, 0) is 55.8 Å². The van der Waals surface area contributed by atoms with Crippen LogP contribution in [0.25, 0.3) is 5.69 Å². The van der Waals surface area contributed by atoms with Crippen LogP contribution in [0.2, 0.25) is 5.02 Å². The molecule has 0 fully saturated rings. The van der Waals surface area contributed by atoms with Gasteiger partial charge in [-0.2, -0.15) is 0 Å². The van der Waals surface area contributed by atoms with E-state index >= 15 is 0 Å². The maximum atomic E-state index is 12.6. The lowest BCUT2D eigenvalue weighted by Gasteiger charge is -2.12. The molecule has 0 unspecified atom stereocenters. The van der Waals surface area contributed by atoms with Crippen molar-refractivity contribution in [3.05, 3.63) is 76.8 Å². The molecular formula is C18H16ClN3O. The van der Waals surface area contributed by atoms with Crippen molar-refractivity contribution < 1.29 is 4.79 Å². The number of anilines is 1. The molecule has 0 radical (unpaired) electrons. The first kappa shape index (κ1) is 15.3. The molecule has 3 aromatic rings. The fourth-order valence-electron chi connectivity index (χ4n) is 2.37. The average molecular weight is 326 g/mol. The van der Waals surface area contributed by atoms with Crippen molar-refractivity contribution >= 4 is 23.2 Å². The maximum Gasteiger partial charge on any atom is 0.272 e. The zero-order valence-corrected chi connectivity index (χ0v) is 13.6. The third kappa shape index (κ3) is 3.12. The van der Waals surface area contributed by atoms with E-state index in [4.69, 9.17) is 11.6 Å². The molecule has 0 atom stereocenters. The van der Waals surface area contributed by atoms with Gasteiger partial charge < -0.3 is 9.88 Å². The van der Waals surface area contributed by atoms with E-state index in [0.29, 0.717) is 16.4 Å². The number of hydrogen-bond acceptors (Lipinski definition) is 2. The predicted octanol–water partition coefficient (Wildman–Crippen LogP) is 4.39. The van der Waals surface area contributed by atoms with Gasteiger partial charge in [0, 0.05) is 23.1 Å². The monoisotopic (exact) mass is 325 g/mol. The van der Waals surface area contributed by atoms with Gasteiger partial charge in [0.05, 0.1) is 11.4 Å². The first-order valence-electron chi connectivity index (χ1n) is 7.23. The van der Waals surface area contributed by atoms with E-state index in [2.05, 4.69) is 10.3 Å². The number of rotatable bonds is 3. The number of carbonyl (C=O) groups is 1. The van der Waals surface area contributed by atoms with E-state index in [-0.39, 0.29) is 5.91 Å². The normalized spacial score (nSPS) is 10.6. The minimum atomic E-state index is -0.196. The molecule has 5 heteroatoms. The highest BCUT2D eigenvalue weighted by molar-refractivity contribution is 6.31. The van der Waals surface area contributed by atoms with Gasteiger partial charge in [-0.25, -0.2) is 0 Å². The lowest BCUT2D eigenvalue weighted by atomic mass is 10.2. The van der Waals surface area contributed by atoms with Crippen molar-refractivity contribution in [2.45, 2.75) is 13.8 Å². The van der Waals surface area contributed by atoms with Crippen LogP contribution in [-0.4, -0.2) is 15.5 Å². The van der Waals surface area contributed by atoms with Gasteiger partial charge in [0.1, 0.15) is 5.69 Å². The summed E-state index contributed by atoms with van der Waals surface area (Å²) in [5, 5.41) is 3.50. The molecule has 0 aliphatic rings. The minimum absolute atomic E-state index is 0.196. The number of carbonyl (C=O) groups excluding carboxylic acids is 1. The van der Waals surface area contributed by atoms with Crippen molar-refractivity contribution in [3.63, 3.8) is 0 Å². The Labute approximate surface area is 139 Å². The maximum absolute atomic E-state index is 12.6. The third-order valence-corrected chi connectivity index (χ3v) is 4.06. The number of aryl methyl sites for hydroxylation is 2. The summed E-state index contributed by atoms with van der Waals surface area (Å²) in [6.45, 7) is 3.83. The van der Waals surface area contributed by atoms with Crippen molar-refractivity contribution in [3.8, 4) is 5.69 Å². The Morgan fingerprint density at radius 1 is 1.17 bits per heavy atom. The molecule has 0 aliphatic heterocycles. The molecule has 0 spiro atoms. The smallest absolute Gasteiger partial charge is 0.272 e. The lowest BCUT2D eigenvalue weighted by molar-refractivity contribution is 0.102. The number of nitrogens with zero attached hydrogens (tertiary/aromatic N) is 2. The molecule has 0 aliphatic carbocycles. The summed E-state index contributed by atoms with van der Waals surface area (Å²) in [6, 6.07) is 12.9. The lowest BCUT2D eigenvalue weighted by Crippen LogP contribution is -2.16. The van der Waals surface area contributed by atoms with Gasteiger partial charge in [0.2, 0.25) is 0 Å². The topological polar surface area (TPSA) is 46.9 Å². The van der Waals surface area contributed by atoms with E-state index in [1.165, 1.54) is 0 Å². The summed E-state index contributed by atoms with van der Waals surface area (Å²) >= 11 is 6.11. The molecule has 2 aromatic heterocycles. The largest absolute Gasteiger partial charge is 0.321 e. The van der Waals surface area contributed by atoms with Crippen LogP contribution < -0.4 is 5.32 Å². The number of benzene rings is 1. The molecule has 4 nitrogen and oxygen atoms in total. The molecule has 116 valence electrons. The van der Waals surface area contributed by atoms with Crippen molar-refractivity contribution in [2.24, 2.45) is 0 Å². The van der Waals surface area contributed by atoms with Gasteiger partial charge >= 0.3 is 0 Å². The first-order valence-corrected chi connectivity index (χ1v) is 7.61. The number of amides is 1.